The van der Waals surface area contributed by atoms with Crippen molar-refractivity contribution in [3.05, 3.63) is 6.07 Å². The Balaban J connectivity index is 3.24. The van der Waals surface area contributed by atoms with Gasteiger partial charge in [-0.2, -0.15) is 4.98 Å². The summed E-state index contributed by atoms with van der Waals surface area (Å²) in [6.07, 6.45) is -4.84. The lowest BCUT2D eigenvalue weighted by Gasteiger charge is -2.15. The molecule has 1 aromatic rings. The van der Waals surface area contributed by atoms with Gasteiger partial charge in [-0.3, -0.25) is 0 Å². The van der Waals surface area contributed by atoms with E-state index in [0.717, 1.165) is 6.07 Å². The molecule has 0 spiro atoms. The summed E-state index contributed by atoms with van der Waals surface area (Å²) in [5, 5.41) is 0. The van der Waals surface area contributed by atoms with Crippen LogP contribution in [0.25, 0.3) is 0 Å². The second-order valence-electron chi connectivity index (χ2n) is 2.75. The molecule has 0 saturated heterocycles. The molecule has 0 aliphatic carbocycles. The summed E-state index contributed by atoms with van der Waals surface area (Å²) in [5.41, 5.74) is 0. The number of alkyl halides is 3. The van der Waals surface area contributed by atoms with Crippen molar-refractivity contribution in [1.29, 1.82) is 0 Å². The summed E-state index contributed by atoms with van der Waals surface area (Å²) in [6, 6.07) is 0.953. The first-order valence-corrected chi connectivity index (χ1v) is 4.34. The molecular formula is C9H10F3NO4. The molecule has 0 radical (unpaired) electrons. The van der Waals surface area contributed by atoms with Crippen molar-refractivity contribution in [1.82, 2.24) is 4.98 Å². The summed E-state index contributed by atoms with van der Waals surface area (Å²) in [4.78, 5) is 3.75. The van der Waals surface area contributed by atoms with Crippen LogP contribution in [0.15, 0.2) is 6.07 Å². The zero-order valence-electron chi connectivity index (χ0n) is 9.29. The van der Waals surface area contributed by atoms with Gasteiger partial charge in [0.15, 0.2) is 5.75 Å². The maximum Gasteiger partial charge on any atom is 0.573 e. The van der Waals surface area contributed by atoms with E-state index < -0.39 is 12.1 Å². The van der Waals surface area contributed by atoms with E-state index >= 15 is 0 Å². The maximum absolute atomic E-state index is 12.1. The molecule has 0 aliphatic heterocycles. The highest BCUT2D eigenvalue weighted by Gasteiger charge is 2.34. The van der Waals surface area contributed by atoms with E-state index in [4.69, 9.17) is 14.2 Å². The largest absolute Gasteiger partial charge is 0.573 e. The molecule has 96 valence electrons. The van der Waals surface area contributed by atoms with Crippen LogP contribution in [-0.2, 0) is 0 Å². The predicted molar refractivity (Wildman–Crippen MR) is 50.6 cm³/mol. The van der Waals surface area contributed by atoms with E-state index in [1.165, 1.54) is 21.3 Å². The van der Waals surface area contributed by atoms with Gasteiger partial charge in [-0.1, -0.05) is 0 Å². The summed E-state index contributed by atoms with van der Waals surface area (Å²) in [7, 11) is 3.67. The third-order valence-electron chi connectivity index (χ3n) is 1.72. The van der Waals surface area contributed by atoms with E-state index in [1.807, 2.05) is 0 Å². The number of rotatable bonds is 4. The number of halogens is 3. The zero-order valence-corrected chi connectivity index (χ0v) is 9.29. The van der Waals surface area contributed by atoms with Crippen LogP contribution in [0.5, 0.6) is 23.3 Å². The zero-order chi connectivity index (χ0) is 13.1. The normalized spacial score (nSPS) is 10.9. The van der Waals surface area contributed by atoms with Crippen LogP contribution in [0.2, 0.25) is 0 Å². The van der Waals surface area contributed by atoms with Gasteiger partial charge in [0.1, 0.15) is 0 Å². The van der Waals surface area contributed by atoms with Gasteiger partial charge >= 0.3 is 6.36 Å². The van der Waals surface area contributed by atoms with Crippen LogP contribution in [0.4, 0.5) is 13.2 Å². The molecule has 0 amide bonds. The molecule has 0 fully saturated rings. The molecular weight excluding hydrogens is 243 g/mol. The van der Waals surface area contributed by atoms with Crippen molar-refractivity contribution in [2.24, 2.45) is 0 Å². The Hall–Kier alpha value is -1.86. The fourth-order valence-corrected chi connectivity index (χ4v) is 1.10. The molecule has 1 rings (SSSR count). The first kappa shape index (κ1) is 13.2. The highest BCUT2D eigenvalue weighted by molar-refractivity contribution is 5.50. The molecule has 1 aromatic heterocycles. The first-order chi connectivity index (χ1) is 7.91. The fourth-order valence-electron chi connectivity index (χ4n) is 1.10. The number of hydrogen-bond acceptors (Lipinski definition) is 5. The van der Waals surface area contributed by atoms with Gasteiger partial charge in [0.25, 0.3) is 5.88 Å². The van der Waals surface area contributed by atoms with E-state index in [2.05, 4.69) is 9.72 Å². The lowest BCUT2D eigenvalue weighted by molar-refractivity contribution is -0.275. The number of hydrogen-bond donors (Lipinski definition) is 0. The molecule has 0 unspecified atom stereocenters. The molecule has 0 N–H and O–H groups in total. The van der Waals surface area contributed by atoms with Gasteiger partial charge in [0.05, 0.1) is 21.3 Å². The summed E-state index contributed by atoms with van der Waals surface area (Å²) < 4.78 is 54.5. The lowest BCUT2D eigenvalue weighted by atomic mass is 10.4. The highest BCUT2D eigenvalue weighted by atomic mass is 19.4. The SMILES string of the molecule is COc1cc(OC(F)(F)F)c(OC)c(OC)n1. The minimum absolute atomic E-state index is 0.0816. The number of methoxy groups -OCH3 is 3. The van der Waals surface area contributed by atoms with Crippen molar-refractivity contribution >= 4 is 0 Å². The molecule has 0 aromatic carbocycles. The monoisotopic (exact) mass is 253 g/mol. The number of aromatic nitrogens is 1. The molecule has 5 nitrogen and oxygen atoms in total. The standard InChI is InChI=1S/C9H10F3NO4/c1-14-6-4-5(17-9(10,11)12)7(15-2)8(13-6)16-3/h4H,1-3H3. The quantitative estimate of drug-likeness (QED) is 0.821. The average molecular weight is 253 g/mol. The Bertz CT molecular complexity index is 395. The minimum Gasteiger partial charge on any atom is -0.489 e. The molecule has 17 heavy (non-hydrogen) atoms. The van der Waals surface area contributed by atoms with Crippen molar-refractivity contribution in [2.75, 3.05) is 21.3 Å². The van der Waals surface area contributed by atoms with Crippen molar-refractivity contribution in [3.63, 3.8) is 0 Å². The van der Waals surface area contributed by atoms with E-state index in [9.17, 15) is 13.2 Å². The molecule has 0 saturated carbocycles. The average Bonchev–Trinajstić information content (AvgIpc) is 2.25. The van der Waals surface area contributed by atoms with Crippen molar-refractivity contribution < 1.29 is 32.1 Å². The maximum atomic E-state index is 12.1. The van der Waals surface area contributed by atoms with Crippen LogP contribution in [0.3, 0.4) is 0 Å². The van der Waals surface area contributed by atoms with Crippen molar-refractivity contribution in [2.45, 2.75) is 6.36 Å². The molecule has 8 heteroatoms. The molecule has 0 aliphatic rings. The smallest absolute Gasteiger partial charge is 0.489 e. The summed E-state index contributed by atoms with van der Waals surface area (Å²) in [6.45, 7) is 0. The van der Waals surface area contributed by atoms with Gasteiger partial charge in [-0.25, -0.2) is 0 Å². The first-order valence-electron chi connectivity index (χ1n) is 4.34. The van der Waals surface area contributed by atoms with Gasteiger partial charge in [0.2, 0.25) is 11.6 Å². The van der Waals surface area contributed by atoms with E-state index in [1.54, 1.807) is 0 Å². The Morgan fingerprint density at radius 2 is 1.71 bits per heavy atom. The second kappa shape index (κ2) is 4.98. The Morgan fingerprint density at radius 1 is 1.06 bits per heavy atom. The van der Waals surface area contributed by atoms with E-state index in [-0.39, 0.29) is 17.5 Å². The molecule has 1 heterocycles. The Labute approximate surface area is 95.1 Å². The van der Waals surface area contributed by atoms with Gasteiger partial charge in [0, 0.05) is 6.07 Å². The van der Waals surface area contributed by atoms with Gasteiger partial charge in [-0.05, 0) is 0 Å². The Morgan fingerprint density at radius 3 is 2.12 bits per heavy atom. The second-order valence-corrected chi connectivity index (χ2v) is 2.75. The predicted octanol–water partition coefficient (Wildman–Crippen LogP) is 2.01. The minimum atomic E-state index is -4.84. The number of ether oxygens (including phenoxy) is 4. The third-order valence-corrected chi connectivity index (χ3v) is 1.72. The Kier molecular flexibility index (Phi) is 3.87. The third kappa shape index (κ3) is 3.30. The lowest BCUT2D eigenvalue weighted by Crippen LogP contribution is -2.18. The summed E-state index contributed by atoms with van der Waals surface area (Å²) in [5.74, 6) is -1.08. The number of nitrogens with zero attached hydrogens (tertiary/aromatic N) is 1. The van der Waals surface area contributed by atoms with Crippen LogP contribution >= 0.6 is 0 Å². The van der Waals surface area contributed by atoms with Crippen molar-refractivity contribution in [3.8, 4) is 23.3 Å². The molecule has 0 atom stereocenters. The number of pyridine rings is 1. The van der Waals surface area contributed by atoms with Crippen LogP contribution in [-0.4, -0.2) is 32.7 Å². The van der Waals surface area contributed by atoms with Crippen LogP contribution in [0.1, 0.15) is 0 Å². The topological polar surface area (TPSA) is 49.8 Å². The van der Waals surface area contributed by atoms with E-state index in [0.29, 0.717) is 0 Å². The summed E-state index contributed by atoms with van der Waals surface area (Å²) >= 11 is 0. The highest BCUT2D eigenvalue weighted by Crippen LogP contribution is 2.40. The van der Waals surface area contributed by atoms with Gasteiger partial charge < -0.3 is 18.9 Å². The van der Waals surface area contributed by atoms with Gasteiger partial charge in [-0.15, -0.1) is 13.2 Å². The van der Waals surface area contributed by atoms with Crippen LogP contribution < -0.4 is 18.9 Å². The fraction of sp³-hybridized carbons (Fsp3) is 0.444. The molecule has 0 bridgehead atoms. The van der Waals surface area contributed by atoms with Crippen LogP contribution in [0, 0.1) is 0 Å².